The number of rotatable bonds is 7. The smallest absolute Gasteiger partial charge is 0.258 e. The van der Waals surface area contributed by atoms with Gasteiger partial charge in [-0.1, -0.05) is 18.2 Å². The number of hydrogen-bond donors (Lipinski definition) is 5. The van der Waals surface area contributed by atoms with Gasteiger partial charge in [-0.3, -0.25) is 4.79 Å². The van der Waals surface area contributed by atoms with Crippen LogP contribution < -0.4 is 10.6 Å². The maximum atomic E-state index is 13.1. The van der Waals surface area contributed by atoms with Gasteiger partial charge in [-0.15, -0.1) is 11.3 Å². The molecule has 5 N–H and O–H groups in total. The highest BCUT2D eigenvalue weighted by atomic mass is 32.1. The van der Waals surface area contributed by atoms with Gasteiger partial charge in [0.15, 0.2) is 17.2 Å². The first kappa shape index (κ1) is 21.0. The number of thiophene rings is 1. The van der Waals surface area contributed by atoms with Crippen LogP contribution in [0.3, 0.4) is 0 Å². The second-order valence-corrected chi connectivity index (χ2v) is 8.49. The average Bonchev–Trinajstić information content (AvgIpc) is 3.14. The third-order valence-corrected chi connectivity index (χ3v) is 6.41. The lowest BCUT2D eigenvalue weighted by atomic mass is 9.95. The summed E-state index contributed by atoms with van der Waals surface area (Å²) < 4.78 is 5.62. The van der Waals surface area contributed by atoms with E-state index in [4.69, 9.17) is 4.74 Å². The van der Waals surface area contributed by atoms with Crippen LogP contribution in [0.15, 0.2) is 42.5 Å². The molecule has 1 aliphatic rings. The predicted molar refractivity (Wildman–Crippen MR) is 120 cm³/mol. The number of para-hydroxylation sites is 1. The first-order chi connectivity index (χ1) is 15.0. The van der Waals surface area contributed by atoms with E-state index in [-0.39, 0.29) is 19.2 Å². The molecule has 1 aliphatic carbocycles. The summed E-state index contributed by atoms with van der Waals surface area (Å²) in [6.07, 6.45) is 4.05. The molecule has 0 saturated carbocycles. The first-order valence-corrected chi connectivity index (χ1v) is 10.9. The Labute approximate surface area is 183 Å². The van der Waals surface area contributed by atoms with Gasteiger partial charge < -0.3 is 30.7 Å². The summed E-state index contributed by atoms with van der Waals surface area (Å²) in [5, 5.41) is 35.6. The molecule has 1 heterocycles. The number of aromatic hydroxyl groups is 3. The molecule has 0 atom stereocenters. The molecule has 0 bridgehead atoms. The van der Waals surface area contributed by atoms with Gasteiger partial charge in [-0.25, -0.2) is 0 Å². The van der Waals surface area contributed by atoms with Crippen molar-refractivity contribution in [3.8, 4) is 17.2 Å². The van der Waals surface area contributed by atoms with Gasteiger partial charge in [0.05, 0.1) is 12.2 Å². The molecule has 3 aromatic rings. The Hall–Kier alpha value is -3.23. The summed E-state index contributed by atoms with van der Waals surface area (Å²) >= 11 is 1.59. The maximum Gasteiger partial charge on any atom is 0.258 e. The average molecular weight is 441 g/mol. The Bertz CT molecular complexity index is 1060. The third-order valence-electron chi connectivity index (χ3n) is 5.16. The number of phenolic OH excluding ortho intramolecular Hbond substituents is 3. The molecule has 4 rings (SSSR count). The van der Waals surface area contributed by atoms with Crippen LogP contribution in [0.25, 0.3) is 0 Å². The van der Waals surface area contributed by atoms with E-state index in [2.05, 4.69) is 10.6 Å². The Morgan fingerprint density at radius 2 is 1.74 bits per heavy atom. The van der Waals surface area contributed by atoms with Gasteiger partial charge in [0, 0.05) is 10.6 Å². The van der Waals surface area contributed by atoms with Crippen LogP contribution in [-0.4, -0.2) is 28.0 Å². The molecule has 1 aromatic heterocycles. The topological polar surface area (TPSA) is 111 Å². The van der Waals surface area contributed by atoms with Crippen molar-refractivity contribution in [2.75, 3.05) is 17.4 Å². The second-order valence-electron chi connectivity index (χ2n) is 7.39. The lowest BCUT2D eigenvalue weighted by Gasteiger charge is -2.13. The van der Waals surface area contributed by atoms with E-state index in [1.54, 1.807) is 11.3 Å². The number of nitrogens with one attached hydrogen (secondary N) is 2. The molecule has 0 unspecified atom stereocenters. The van der Waals surface area contributed by atoms with E-state index in [9.17, 15) is 20.1 Å². The van der Waals surface area contributed by atoms with E-state index in [1.165, 1.54) is 17.0 Å². The number of carbonyl (C=O) groups excluding carboxylic acids is 1. The summed E-state index contributed by atoms with van der Waals surface area (Å²) in [6, 6.07) is 12.0. The van der Waals surface area contributed by atoms with Crippen molar-refractivity contribution < 1.29 is 24.9 Å². The van der Waals surface area contributed by atoms with Crippen molar-refractivity contribution in [1.29, 1.82) is 0 Å². The molecule has 0 saturated heterocycles. The van der Waals surface area contributed by atoms with Crippen molar-refractivity contribution in [1.82, 2.24) is 0 Å². The zero-order chi connectivity index (χ0) is 21.8. The Morgan fingerprint density at radius 1 is 1.03 bits per heavy atom. The largest absolute Gasteiger partial charge is 0.504 e. The summed E-state index contributed by atoms with van der Waals surface area (Å²) in [7, 11) is 0. The van der Waals surface area contributed by atoms with Crippen molar-refractivity contribution in [2.24, 2.45) is 0 Å². The molecule has 0 radical (unpaired) electrons. The monoisotopic (exact) mass is 440 g/mol. The van der Waals surface area contributed by atoms with Crippen molar-refractivity contribution in [2.45, 2.75) is 32.3 Å². The van der Waals surface area contributed by atoms with Gasteiger partial charge in [0.2, 0.25) is 0 Å². The fraction of sp³-hybridized carbons (Fsp3) is 0.261. The van der Waals surface area contributed by atoms with Crippen LogP contribution in [0, 0.1) is 0 Å². The molecule has 0 aliphatic heterocycles. The normalized spacial score (nSPS) is 12.9. The van der Waals surface area contributed by atoms with Gasteiger partial charge in [0.25, 0.3) is 5.91 Å². The van der Waals surface area contributed by atoms with Crippen molar-refractivity contribution >= 4 is 27.9 Å². The minimum Gasteiger partial charge on any atom is -0.504 e. The molecule has 8 heteroatoms. The van der Waals surface area contributed by atoms with Crippen molar-refractivity contribution in [3.63, 3.8) is 0 Å². The SMILES string of the molecule is O=C(Nc1ccccc1)c1c(NCOCc2cc(O)c(O)c(O)c2)sc2c1CCCC2. The van der Waals surface area contributed by atoms with Crippen LogP contribution in [0.5, 0.6) is 17.2 Å². The number of anilines is 2. The first-order valence-electron chi connectivity index (χ1n) is 10.1. The molecular formula is C23H24N2O5S. The lowest BCUT2D eigenvalue weighted by Crippen LogP contribution is -2.17. The number of hydrogen-bond acceptors (Lipinski definition) is 7. The number of fused-ring (bicyclic) bond motifs is 1. The zero-order valence-electron chi connectivity index (χ0n) is 16.9. The highest BCUT2D eigenvalue weighted by Gasteiger charge is 2.25. The number of benzene rings is 2. The highest BCUT2D eigenvalue weighted by Crippen LogP contribution is 2.39. The second kappa shape index (κ2) is 9.28. The molecule has 1 amide bonds. The number of ether oxygens (including phenoxy) is 1. The summed E-state index contributed by atoms with van der Waals surface area (Å²) in [6.45, 7) is 0.262. The maximum absolute atomic E-state index is 13.1. The molecular weight excluding hydrogens is 416 g/mol. The van der Waals surface area contributed by atoms with E-state index < -0.39 is 17.2 Å². The standard InChI is InChI=1S/C23H24N2O5S/c26-17-10-14(11-18(27)21(17)28)12-30-13-24-23-20(16-8-4-5-9-19(16)31-23)22(29)25-15-6-2-1-3-7-15/h1-3,6-7,10-11,24,26-28H,4-5,8-9,12-13H2,(H,25,29). The predicted octanol–water partition coefficient (Wildman–Crippen LogP) is 4.58. The van der Waals surface area contributed by atoms with Crippen LogP contribution >= 0.6 is 11.3 Å². The van der Waals surface area contributed by atoms with Crippen LogP contribution in [0.4, 0.5) is 10.7 Å². The number of amides is 1. The number of carbonyl (C=O) groups is 1. The molecule has 2 aromatic carbocycles. The van der Waals surface area contributed by atoms with Crippen LogP contribution in [0.2, 0.25) is 0 Å². The minimum absolute atomic E-state index is 0.116. The van der Waals surface area contributed by atoms with Crippen LogP contribution in [-0.2, 0) is 24.2 Å². The fourth-order valence-electron chi connectivity index (χ4n) is 3.68. The minimum atomic E-state index is -0.555. The van der Waals surface area contributed by atoms with E-state index in [1.807, 2.05) is 30.3 Å². The number of phenols is 3. The Morgan fingerprint density at radius 3 is 2.48 bits per heavy atom. The summed E-state index contributed by atoms with van der Waals surface area (Å²) in [5.41, 5.74) is 3.05. The van der Waals surface area contributed by atoms with Crippen molar-refractivity contribution in [3.05, 3.63) is 64.0 Å². The van der Waals surface area contributed by atoms with Crippen LogP contribution in [0.1, 0.15) is 39.2 Å². The summed E-state index contributed by atoms with van der Waals surface area (Å²) in [4.78, 5) is 14.3. The lowest BCUT2D eigenvalue weighted by molar-refractivity contribution is 0.102. The van der Waals surface area contributed by atoms with Gasteiger partial charge in [-0.2, -0.15) is 0 Å². The third kappa shape index (κ3) is 4.76. The Kier molecular flexibility index (Phi) is 6.29. The fourth-order valence-corrected chi connectivity index (χ4v) is 4.94. The molecule has 0 fully saturated rings. The zero-order valence-corrected chi connectivity index (χ0v) is 17.7. The molecule has 0 spiro atoms. The molecule has 31 heavy (non-hydrogen) atoms. The molecule has 7 nitrogen and oxygen atoms in total. The van der Waals surface area contributed by atoms with Gasteiger partial charge in [-0.05, 0) is 61.1 Å². The molecule has 162 valence electrons. The van der Waals surface area contributed by atoms with E-state index in [0.29, 0.717) is 11.1 Å². The highest BCUT2D eigenvalue weighted by molar-refractivity contribution is 7.16. The summed E-state index contributed by atoms with van der Waals surface area (Å²) in [5.74, 6) is -1.50. The number of aryl methyl sites for hydroxylation is 1. The van der Waals surface area contributed by atoms with E-state index in [0.717, 1.165) is 41.9 Å². The van der Waals surface area contributed by atoms with Gasteiger partial charge >= 0.3 is 0 Å². The van der Waals surface area contributed by atoms with E-state index >= 15 is 0 Å². The Balaban J connectivity index is 1.45. The van der Waals surface area contributed by atoms with Gasteiger partial charge in [0.1, 0.15) is 11.7 Å². The quantitative estimate of drug-likeness (QED) is 0.209.